The first-order valence-electron chi connectivity index (χ1n) is 7.59. The molecule has 0 aromatic carbocycles. The van der Waals surface area contributed by atoms with E-state index in [-0.39, 0.29) is 0 Å². The summed E-state index contributed by atoms with van der Waals surface area (Å²) in [6.45, 7) is 3.29. The van der Waals surface area contributed by atoms with Crippen molar-refractivity contribution < 1.29 is 0 Å². The highest BCUT2D eigenvalue weighted by Crippen LogP contribution is 2.34. The number of nitrogens with zero attached hydrogens (tertiary/aromatic N) is 2. The summed E-state index contributed by atoms with van der Waals surface area (Å²) in [5.74, 6) is 0. The Labute approximate surface area is 125 Å². The van der Waals surface area contributed by atoms with Crippen molar-refractivity contribution in [2.75, 3.05) is 6.54 Å². The van der Waals surface area contributed by atoms with E-state index in [0.717, 1.165) is 13.0 Å². The second-order valence-corrected chi connectivity index (χ2v) is 6.81. The Morgan fingerprint density at radius 1 is 1.45 bits per heavy atom. The predicted octanol–water partition coefficient (Wildman–Crippen LogP) is 3.25. The highest BCUT2D eigenvalue weighted by Gasteiger charge is 2.20. The van der Waals surface area contributed by atoms with Crippen molar-refractivity contribution in [1.82, 2.24) is 15.1 Å². The van der Waals surface area contributed by atoms with Crippen LogP contribution in [-0.4, -0.2) is 16.3 Å². The van der Waals surface area contributed by atoms with Gasteiger partial charge in [-0.15, -0.1) is 11.3 Å². The minimum Gasteiger partial charge on any atom is -0.309 e. The Balaban J connectivity index is 1.77. The third kappa shape index (κ3) is 2.96. The number of thiophene rings is 1. The summed E-state index contributed by atoms with van der Waals surface area (Å²) in [5, 5.41) is 8.22. The van der Waals surface area contributed by atoms with E-state index in [1.807, 2.05) is 29.3 Å². The lowest BCUT2D eigenvalue weighted by Crippen LogP contribution is -2.23. The predicted molar refractivity (Wildman–Crippen MR) is 84.3 cm³/mol. The van der Waals surface area contributed by atoms with Crippen LogP contribution in [0.2, 0.25) is 0 Å². The summed E-state index contributed by atoms with van der Waals surface area (Å²) in [4.78, 5) is 3.11. The Kier molecular flexibility index (Phi) is 4.22. The lowest BCUT2D eigenvalue weighted by atomic mass is 10.1. The smallest absolute Gasteiger partial charge is 0.0643 e. The highest BCUT2D eigenvalue weighted by molar-refractivity contribution is 7.12. The van der Waals surface area contributed by atoms with Gasteiger partial charge in [-0.3, -0.25) is 4.68 Å². The molecule has 108 valence electrons. The first kappa shape index (κ1) is 13.8. The highest BCUT2D eigenvalue weighted by atomic mass is 32.1. The molecule has 4 heteroatoms. The Morgan fingerprint density at radius 2 is 2.35 bits per heavy atom. The lowest BCUT2D eigenvalue weighted by Gasteiger charge is -2.16. The van der Waals surface area contributed by atoms with Gasteiger partial charge >= 0.3 is 0 Å². The zero-order chi connectivity index (χ0) is 13.9. The molecule has 1 atom stereocenters. The van der Waals surface area contributed by atoms with Crippen LogP contribution in [0.15, 0.2) is 18.3 Å². The molecular formula is C16H23N3S. The van der Waals surface area contributed by atoms with Crippen molar-refractivity contribution in [3.63, 3.8) is 0 Å². The normalized spacial score (nSPS) is 15.5. The van der Waals surface area contributed by atoms with Crippen LogP contribution in [0.4, 0.5) is 0 Å². The van der Waals surface area contributed by atoms with Crippen molar-refractivity contribution in [3.8, 4) is 0 Å². The molecule has 3 nitrogen and oxygen atoms in total. The van der Waals surface area contributed by atoms with Gasteiger partial charge < -0.3 is 5.32 Å². The van der Waals surface area contributed by atoms with Crippen molar-refractivity contribution in [1.29, 1.82) is 0 Å². The minimum absolute atomic E-state index is 0.417. The van der Waals surface area contributed by atoms with E-state index < -0.39 is 0 Å². The van der Waals surface area contributed by atoms with Crippen LogP contribution in [0.25, 0.3) is 0 Å². The summed E-state index contributed by atoms with van der Waals surface area (Å²) < 4.78 is 1.89. The van der Waals surface area contributed by atoms with Gasteiger partial charge in [0, 0.05) is 35.5 Å². The summed E-state index contributed by atoms with van der Waals surface area (Å²) in [7, 11) is 1.98. The number of aromatic nitrogens is 2. The number of hydrogen-bond acceptors (Lipinski definition) is 3. The maximum atomic E-state index is 4.53. The number of nitrogens with one attached hydrogen (secondary N) is 1. The minimum atomic E-state index is 0.417. The molecule has 0 amide bonds. The molecule has 2 aromatic rings. The molecule has 20 heavy (non-hydrogen) atoms. The summed E-state index contributed by atoms with van der Waals surface area (Å²) in [6.07, 6.45) is 8.08. The Morgan fingerprint density at radius 3 is 3.05 bits per heavy atom. The zero-order valence-electron chi connectivity index (χ0n) is 12.4. The van der Waals surface area contributed by atoms with Gasteiger partial charge in [-0.25, -0.2) is 0 Å². The molecule has 0 fully saturated rings. The van der Waals surface area contributed by atoms with Crippen molar-refractivity contribution in [2.24, 2.45) is 7.05 Å². The molecule has 0 spiro atoms. The maximum absolute atomic E-state index is 4.53. The van der Waals surface area contributed by atoms with Crippen molar-refractivity contribution in [3.05, 3.63) is 39.3 Å². The van der Waals surface area contributed by atoms with Gasteiger partial charge in [0.1, 0.15) is 0 Å². The molecule has 2 aromatic heterocycles. The maximum Gasteiger partial charge on any atom is 0.0643 e. The van der Waals surface area contributed by atoms with Gasteiger partial charge in [0.25, 0.3) is 0 Å². The van der Waals surface area contributed by atoms with E-state index in [9.17, 15) is 0 Å². The van der Waals surface area contributed by atoms with Gasteiger partial charge in [-0.1, -0.05) is 6.92 Å². The van der Waals surface area contributed by atoms with Crippen LogP contribution in [0.1, 0.15) is 46.8 Å². The average molecular weight is 289 g/mol. The first-order chi connectivity index (χ1) is 9.76. The van der Waals surface area contributed by atoms with Crippen LogP contribution in [0.3, 0.4) is 0 Å². The molecule has 2 heterocycles. The van der Waals surface area contributed by atoms with Crippen LogP contribution >= 0.6 is 11.3 Å². The fourth-order valence-corrected chi connectivity index (χ4v) is 4.23. The fourth-order valence-electron chi connectivity index (χ4n) is 2.90. The third-order valence-electron chi connectivity index (χ3n) is 3.93. The van der Waals surface area contributed by atoms with E-state index in [1.165, 1.54) is 36.3 Å². The SMILES string of the molecule is CCCNC(Cc1ccn(C)n1)c1cc2c(s1)CCC2. The van der Waals surface area contributed by atoms with Gasteiger partial charge in [-0.05, 0) is 49.9 Å². The average Bonchev–Trinajstić information content (AvgIpc) is 3.09. The number of hydrogen-bond donors (Lipinski definition) is 1. The van der Waals surface area contributed by atoms with Gasteiger partial charge in [0.05, 0.1) is 5.69 Å². The topological polar surface area (TPSA) is 29.9 Å². The summed E-state index contributed by atoms with van der Waals surface area (Å²) in [6, 6.07) is 4.98. The largest absolute Gasteiger partial charge is 0.309 e. The standard InChI is InChI=1S/C16H23N3S/c1-3-8-17-14(11-13-7-9-19(2)18-13)16-10-12-5-4-6-15(12)20-16/h7,9-10,14,17H,3-6,8,11H2,1-2H3. The second-order valence-electron chi connectivity index (χ2n) is 5.64. The Bertz CT molecular complexity index is 549. The molecule has 3 rings (SSSR count). The van der Waals surface area contributed by atoms with Crippen LogP contribution in [0.5, 0.6) is 0 Å². The number of rotatable bonds is 6. The number of fused-ring (bicyclic) bond motifs is 1. The summed E-state index contributed by atoms with van der Waals surface area (Å²) in [5.41, 5.74) is 2.77. The van der Waals surface area contributed by atoms with Crippen LogP contribution < -0.4 is 5.32 Å². The molecule has 0 radical (unpaired) electrons. The Hall–Kier alpha value is -1.13. The van der Waals surface area contributed by atoms with E-state index in [1.54, 1.807) is 10.4 Å². The molecule has 0 bridgehead atoms. The molecule has 1 N–H and O–H groups in total. The monoisotopic (exact) mass is 289 g/mol. The van der Waals surface area contributed by atoms with E-state index in [2.05, 4.69) is 29.5 Å². The molecule has 1 aliphatic carbocycles. The molecule has 0 aliphatic heterocycles. The zero-order valence-corrected chi connectivity index (χ0v) is 13.2. The van der Waals surface area contributed by atoms with Crippen LogP contribution in [-0.2, 0) is 26.3 Å². The van der Waals surface area contributed by atoms with Crippen LogP contribution in [0, 0.1) is 0 Å². The van der Waals surface area contributed by atoms with Gasteiger partial charge in [-0.2, -0.15) is 5.10 Å². The first-order valence-corrected chi connectivity index (χ1v) is 8.41. The molecule has 1 aliphatic rings. The van der Waals surface area contributed by atoms with E-state index in [0.29, 0.717) is 6.04 Å². The summed E-state index contributed by atoms with van der Waals surface area (Å²) >= 11 is 2.01. The van der Waals surface area contributed by atoms with Crippen molar-refractivity contribution in [2.45, 2.75) is 45.1 Å². The van der Waals surface area contributed by atoms with Crippen molar-refractivity contribution >= 4 is 11.3 Å². The van der Waals surface area contributed by atoms with E-state index in [4.69, 9.17) is 0 Å². The third-order valence-corrected chi connectivity index (χ3v) is 5.28. The molecule has 0 saturated carbocycles. The van der Waals surface area contributed by atoms with E-state index >= 15 is 0 Å². The second kappa shape index (κ2) is 6.10. The van der Waals surface area contributed by atoms with Gasteiger partial charge in [0.15, 0.2) is 0 Å². The molecular weight excluding hydrogens is 266 g/mol. The molecule has 0 saturated heterocycles. The van der Waals surface area contributed by atoms with Gasteiger partial charge in [0.2, 0.25) is 0 Å². The fraction of sp³-hybridized carbons (Fsp3) is 0.562. The lowest BCUT2D eigenvalue weighted by molar-refractivity contribution is 0.528. The number of aryl methyl sites for hydroxylation is 3. The quantitative estimate of drug-likeness (QED) is 0.884. The molecule has 1 unspecified atom stereocenters.